The van der Waals surface area contributed by atoms with Gasteiger partial charge in [0.2, 0.25) is 0 Å². The molecular formula is C16H20N2O2. The van der Waals surface area contributed by atoms with Crippen molar-refractivity contribution in [3.05, 3.63) is 36.0 Å². The Labute approximate surface area is 118 Å². The molecule has 2 heterocycles. The van der Waals surface area contributed by atoms with Crippen LogP contribution in [0.2, 0.25) is 0 Å². The van der Waals surface area contributed by atoms with Crippen molar-refractivity contribution in [2.24, 2.45) is 5.41 Å². The fraction of sp³-hybridized carbons (Fsp3) is 0.438. The Hall–Kier alpha value is -1.65. The number of nitrogens with zero attached hydrogens (tertiary/aromatic N) is 2. The number of hydrogen-bond donors (Lipinski definition) is 2. The zero-order valence-electron chi connectivity index (χ0n) is 11.9. The van der Waals surface area contributed by atoms with Gasteiger partial charge in [-0.3, -0.25) is 4.98 Å². The minimum Gasteiger partial charge on any atom is -0.370 e. The van der Waals surface area contributed by atoms with E-state index in [1.807, 2.05) is 12.1 Å². The van der Waals surface area contributed by atoms with E-state index in [-0.39, 0.29) is 0 Å². The molecule has 1 saturated heterocycles. The lowest BCUT2D eigenvalue weighted by Crippen LogP contribution is -2.54. The largest absolute Gasteiger partial charge is 0.370 e. The molecule has 2 N–H and O–H groups in total. The van der Waals surface area contributed by atoms with Gasteiger partial charge < -0.3 is 15.1 Å². The number of aliphatic hydroxyl groups excluding tert-OH is 1. The molecule has 0 radical (unpaired) electrons. The summed E-state index contributed by atoms with van der Waals surface area (Å²) >= 11 is 0. The molecule has 0 atom stereocenters. The maximum absolute atomic E-state index is 9.46. The van der Waals surface area contributed by atoms with Crippen LogP contribution in [-0.4, -0.2) is 28.3 Å². The number of aliphatic hydroxyl groups is 2. The molecule has 2 aromatic rings. The molecule has 0 saturated carbocycles. The highest BCUT2D eigenvalue weighted by molar-refractivity contribution is 5.86. The third-order valence-electron chi connectivity index (χ3n) is 4.40. The number of benzene rings is 1. The van der Waals surface area contributed by atoms with Gasteiger partial charge in [0.05, 0.1) is 5.52 Å². The predicted octanol–water partition coefficient (Wildman–Crippen LogP) is 2.45. The summed E-state index contributed by atoms with van der Waals surface area (Å²) in [6.45, 7) is 6.62. The lowest BCUT2D eigenvalue weighted by Gasteiger charge is -2.49. The molecule has 3 rings (SSSR count). The van der Waals surface area contributed by atoms with Crippen LogP contribution in [0.3, 0.4) is 0 Å². The van der Waals surface area contributed by atoms with Gasteiger partial charge in [-0.15, -0.1) is 0 Å². The molecule has 0 bridgehead atoms. The molecule has 1 aliphatic rings. The van der Waals surface area contributed by atoms with Gasteiger partial charge in [-0.2, -0.15) is 0 Å². The summed E-state index contributed by atoms with van der Waals surface area (Å²) in [5.41, 5.74) is 2.83. The van der Waals surface area contributed by atoms with Gasteiger partial charge in [0, 0.05) is 41.3 Å². The van der Waals surface area contributed by atoms with Crippen LogP contribution in [0.4, 0.5) is 5.69 Å². The van der Waals surface area contributed by atoms with Gasteiger partial charge in [-0.1, -0.05) is 13.8 Å². The van der Waals surface area contributed by atoms with Gasteiger partial charge >= 0.3 is 0 Å². The molecule has 0 spiro atoms. The standard InChI is InChI=1S/C16H20N2O2/c1-3-16(2)9-18(10-16)11-4-5-14-13(8-11)12(15(19)20)6-7-17-14/h4-8,15,19-20H,3,9-10H2,1-2H3. The monoisotopic (exact) mass is 272 g/mol. The third-order valence-corrected chi connectivity index (χ3v) is 4.40. The SMILES string of the molecule is CCC1(C)CN(c2ccc3nccc(C(O)O)c3c2)C1. The molecule has 1 aliphatic heterocycles. The molecule has 106 valence electrons. The van der Waals surface area contributed by atoms with E-state index in [0.29, 0.717) is 11.0 Å². The van der Waals surface area contributed by atoms with Gasteiger partial charge in [0.1, 0.15) is 0 Å². The van der Waals surface area contributed by atoms with Crippen LogP contribution in [0.1, 0.15) is 32.1 Å². The first kappa shape index (κ1) is 13.3. The summed E-state index contributed by atoms with van der Waals surface area (Å²) in [5, 5.41) is 19.7. The first-order chi connectivity index (χ1) is 9.52. The molecule has 0 amide bonds. The normalized spacial score (nSPS) is 17.6. The van der Waals surface area contributed by atoms with Gasteiger partial charge in [0.25, 0.3) is 0 Å². The highest BCUT2D eigenvalue weighted by atomic mass is 16.5. The van der Waals surface area contributed by atoms with Crippen LogP contribution >= 0.6 is 0 Å². The Morgan fingerprint density at radius 1 is 1.30 bits per heavy atom. The van der Waals surface area contributed by atoms with E-state index in [0.717, 1.165) is 29.7 Å². The maximum Gasteiger partial charge on any atom is 0.179 e. The zero-order valence-corrected chi connectivity index (χ0v) is 11.9. The van der Waals surface area contributed by atoms with E-state index in [4.69, 9.17) is 0 Å². The Bertz CT molecular complexity index is 633. The number of fused-ring (bicyclic) bond motifs is 1. The number of hydrogen-bond acceptors (Lipinski definition) is 4. The van der Waals surface area contributed by atoms with Gasteiger partial charge in [-0.25, -0.2) is 0 Å². The highest BCUT2D eigenvalue weighted by Gasteiger charge is 2.37. The summed E-state index contributed by atoms with van der Waals surface area (Å²) in [5.74, 6) is 0. The second-order valence-corrected chi connectivity index (χ2v) is 6.00. The smallest absolute Gasteiger partial charge is 0.179 e. The van der Waals surface area contributed by atoms with Crippen LogP contribution in [-0.2, 0) is 0 Å². The molecule has 0 unspecified atom stereocenters. The average Bonchev–Trinajstić information content (AvgIpc) is 2.42. The third kappa shape index (κ3) is 2.15. The summed E-state index contributed by atoms with van der Waals surface area (Å²) in [7, 11) is 0. The second kappa shape index (κ2) is 4.72. The fourth-order valence-electron chi connectivity index (χ4n) is 2.86. The quantitative estimate of drug-likeness (QED) is 0.843. The van der Waals surface area contributed by atoms with Crippen molar-refractivity contribution in [2.45, 2.75) is 26.6 Å². The van der Waals surface area contributed by atoms with E-state index in [2.05, 4.69) is 29.8 Å². The van der Waals surface area contributed by atoms with E-state index >= 15 is 0 Å². The Morgan fingerprint density at radius 3 is 2.70 bits per heavy atom. The van der Waals surface area contributed by atoms with Gasteiger partial charge in [0.15, 0.2) is 6.29 Å². The molecule has 1 aromatic carbocycles. The number of pyridine rings is 1. The molecular weight excluding hydrogens is 252 g/mol. The maximum atomic E-state index is 9.46. The van der Waals surface area contributed by atoms with Crippen molar-refractivity contribution in [2.75, 3.05) is 18.0 Å². The second-order valence-electron chi connectivity index (χ2n) is 6.00. The summed E-state index contributed by atoms with van der Waals surface area (Å²) < 4.78 is 0. The van der Waals surface area contributed by atoms with Crippen molar-refractivity contribution in [1.29, 1.82) is 0 Å². The number of aromatic nitrogens is 1. The predicted molar refractivity (Wildman–Crippen MR) is 79.5 cm³/mol. The van der Waals surface area contributed by atoms with Crippen LogP contribution in [0.15, 0.2) is 30.5 Å². The van der Waals surface area contributed by atoms with Crippen molar-refractivity contribution in [3.63, 3.8) is 0 Å². The van der Waals surface area contributed by atoms with Crippen LogP contribution in [0.25, 0.3) is 10.9 Å². The first-order valence-electron chi connectivity index (χ1n) is 7.02. The van der Waals surface area contributed by atoms with Crippen LogP contribution < -0.4 is 4.90 Å². The number of rotatable bonds is 3. The Morgan fingerprint density at radius 2 is 2.05 bits per heavy atom. The summed E-state index contributed by atoms with van der Waals surface area (Å²) in [6, 6.07) is 7.66. The van der Waals surface area contributed by atoms with Crippen molar-refractivity contribution in [1.82, 2.24) is 4.98 Å². The molecule has 4 heteroatoms. The minimum atomic E-state index is -1.46. The van der Waals surface area contributed by atoms with E-state index < -0.39 is 6.29 Å². The fourth-order valence-corrected chi connectivity index (χ4v) is 2.86. The average molecular weight is 272 g/mol. The molecule has 4 nitrogen and oxygen atoms in total. The van der Waals surface area contributed by atoms with E-state index in [1.54, 1.807) is 12.3 Å². The topological polar surface area (TPSA) is 56.6 Å². The van der Waals surface area contributed by atoms with Crippen molar-refractivity contribution < 1.29 is 10.2 Å². The summed E-state index contributed by atoms with van der Waals surface area (Å²) in [4.78, 5) is 6.60. The lowest BCUT2D eigenvalue weighted by molar-refractivity contribution is -0.0413. The zero-order chi connectivity index (χ0) is 14.3. The molecule has 1 aromatic heterocycles. The van der Waals surface area contributed by atoms with E-state index in [9.17, 15) is 10.2 Å². The Balaban J connectivity index is 1.97. The highest BCUT2D eigenvalue weighted by Crippen LogP contribution is 2.37. The first-order valence-corrected chi connectivity index (χ1v) is 7.02. The lowest BCUT2D eigenvalue weighted by atomic mass is 9.79. The molecule has 1 fully saturated rings. The minimum absolute atomic E-state index is 0.406. The van der Waals surface area contributed by atoms with Crippen LogP contribution in [0, 0.1) is 5.41 Å². The molecule has 0 aliphatic carbocycles. The van der Waals surface area contributed by atoms with Crippen molar-refractivity contribution >= 4 is 16.6 Å². The Kier molecular flexibility index (Phi) is 3.15. The van der Waals surface area contributed by atoms with Crippen molar-refractivity contribution in [3.8, 4) is 0 Å². The molecule has 20 heavy (non-hydrogen) atoms. The number of anilines is 1. The van der Waals surface area contributed by atoms with Gasteiger partial charge in [-0.05, 0) is 30.7 Å². The van der Waals surface area contributed by atoms with Crippen LogP contribution in [0.5, 0.6) is 0 Å². The summed E-state index contributed by atoms with van der Waals surface area (Å²) in [6.07, 6.45) is 1.32. The van der Waals surface area contributed by atoms with E-state index in [1.165, 1.54) is 6.42 Å².